The zero-order chi connectivity index (χ0) is 12.8. The fourth-order valence-electron chi connectivity index (χ4n) is 1.66. The number of aryl methyl sites for hydroxylation is 2. The van der Waals surface area contributed by atoms with Crippen molar-refractivity contribution in [3.05, 3.63) is 17.5 Å². The first-order valence-electron chi connectivity index (χ1n) is 6.02. The second-order valence-electron chi connectivity index (χ2n) is 4.40. The molecule has 0 spiro atoms. The number of rotatable bonds is 6. The molecule has 5 heteroatoms. The van der Waals surface area contributed by atoms with Crippen LogP contribution in [0.25, 0.3) is 0 Å². The molecular formula is C12H22N4O. The van der Waals surface area contributed by atoms with Crippen molar-refractivity contribution < 1.29 is 4.79 Å². The number of carbonyl (C=O) groups is 1. The lowest BCUT2D eigenvalue weighted by Crippen LogP contribution is -2.29. The van der Waals surface area contributed by atoms with Gasteiger partial charge < -0.3 is 10.2 Å². The molecule has 0 atom stereocenters. The number of amides is 1. The summed E-state index contributed by atoms with van der Waals surface area (Å²) in [5.41, 5.74) is 1.53. The summed E-state index contributed by atoms with van der Waals surface area (Å²) < 4.78 is 1.73. The smallest absolute Gasteiger partial charge is 0.269 e. The minimum absolute atomic E-state index is 0.0359. The molecular weight excluding hydrogens is 216 g/mol. The Morgan fingerprint density at radius 2 is 2.24 bits per heavy atom. The maximum Gasteiger partial charge on any atom is 0.269 e. The van der Waals surface area contributed by atoms with E-state index in [-0.39, 0.29) is 5.91 Å². The van der Waals surface area contributed by atoms with Crippen molar-refractivity contribution in [2.24, 2.45) is 0 Å². The fraction of sp³-hybridized carbons (Fsp3) is 0.667. The van der Waals surface area contributed by atoms with Crippen LogP contribution >= 0.6 is 0 Å². The predicted molar refractivity (Wildman–Crippen MR) is 68.1 cm³/mol. The Bertz CT molecular complexity index is 371. The summed E-state index contributed by atoms with van der Waals surface area (Å²) in [6, 6.07) is 1.82. The maximum atomic E-state index is 11.9. The van der Waals surface area contributed by atoms with Gasteiger partial charge in [-0.1, -0.05) is 0 Å². The van der Waals surface area contributed by atoms with Gasteiger partial charge >= 0.3 is 0 Å². The Morgan fingerprint density at radius 3 is 2.82 bits per heavy atom. The van der Waals surface area contributed by atoms with Crippen LogP contribution < -0.4 is 5.32 Å². The Labute approximate surface area is 103 Å². The van der Waals surface area contributed by atoms with Gasteiger partial charge in [0.1, 0.15) is 5.69 Å². The van der Waals surface area contributed by atoms with E-state index >= 15 is 0 Å². The molecule has 0 aliphatic rings. The fourth-order valence-corrected chi connectivity index (χ4v) is 1.66. The van der Waals surface area contributed by atoms with Crippen LogP contribution in [0.2, 0.25) is 0 Å². The van der Waals surface area contributed by atoms with Crippen molar-refractivity contribution >= 4 is 5.91 Å². The zero-order valence-electron chi connectivity index (χ0n) is 11.2. The SMILES string of the molecule is CCn1nc(C)cc1C(=O)NCCCN(C)C. The van der Waals surface area contributed by atoms with Gasteiger partial charge in [-0.3, -0.25) is 9.48 Å². The van der Waals surface area contributed by atoms with E-state index in [1.165, 1.54) is 0 Å². The lowest BCUT2D eigenvalue weighted by atomic mass is 10.3. The molecule has 1 N–H and O–H groups in total. The lowest BCUT2D eigenvalue weighted by Gasteiger charge is -2.10. The molecule has 0 aliphatic carbocycles. The standard InChI is InChI=1S/C12H22N4O/c1-5-16-11(9-10(2)14-16)12(17)13-7-6-8-15(3)4/h9H,5-8H2,1-4H3,(H,13,17). The molecule has 0 aromatic carbocycles. The van der Waals surface area contributed by atoms with Crippen LogP contribution in [0.15, 0.2) is 6.07 Å². The average Bonchev–Trinajstić information content (AvgIpc) is 2.65. The Kier molecular flexibility index (Phi) is 5.15. The van der Waals surface area contributed by atoms with E-state index in [0.717, 1.165) is 18.7 Å². The summed E-state index contributed by atoms with van der Waals surface area (Å²) in [4.78, 5) is 14.0. The van der Waals surface area contributed by atoms with E-state index in [4.69, 9.17) is 0 Å². The monoisotopic (exact) mass is 238 g/mol. The minimum atomic E-state index is -0.0359. The first-order chi connectivity index (χ1) is 8.04. The topological polar surface area (TPSA) is 50.2 Å². The van der Waals surface area contributed by atoms with Crippen LogP contribution in [-0.2, 0) is 6.54 Å². The normalized spacial score (nSPS) is 10.9. The van der Waals surface area contributed by atoms with Crippen molar-refractivity contribution in [1.82, 2.24) is 20.0 Å². The number of nitrogens with zero attached hydrogens (tertiary/aromatic N) is 3. The molecule has 0 unspecified atom stereocenters. The van der Waals surface area contributed by atoms with Gasteiger partial charge in [0.05, 0.1) is 5.69 Å². The third kappa shape index (κ3) is 4.19. The molecule has 96 valence electrons. The first kappa shape index (κ1) is 13.7. The highest BCUT2D eigenvalue weighted by molar-refractivity contribution is 5.92. The molecule has 0 saturated heterocycles. The number of hydrogen-bond donors (Lipinski definition) is 1. The van der Waals surface area contributed by atoms with Gasteiger partial charge in [0, 0.05) is 13.1 Å². The van der Waals surface area contributed by atoms with Gasteiger partial charge in [0.2, 0.25) is 0 Å². The Hall–Kier alpha value is -1.36. The molecule has 1 rings (SSSR count). The van der Waals surface area contributed by atoms with Gasteiger partial charge in [-0.15, -0.1) is 0 Å². The van der Waals surface area contributed by atoms with Crippen LogP contribution in [0.3, 0.4) is 0 Å². The third-order valence-corrected chi connectivity index (χ3v) is 2.50. The molecule has 0 saturated carbocycles. The summed E-state index contributed by atoms with van der Waals surface area (Å²) in [7, 11) is 4.05. The van der Waals surface area contributed by atoms with Gasteiger partial charge in [0.25, 0.3) is 5.91 Å². The number of hydrogen-bond acceptors (Lipinski definition) is 3. The molecule has 1 heterocycles. The lowest BCUT2D eigenvalue weighted by molar-refractivity contribution is 0.0941. The third-order valence-electron chi connectivity index (χ3n) is 2.50. The van der Waals surface area contributed by atoms with E-state index < -0.39 is 0 Å². The summed E-state index contributed by atoms with van der Waals surface area (Å²) >= 11 is 0. The van der Waals surface area contributed by atoms with Crippen molar-refractivity contribution in [1.29, 1.82) is 0 Å². The van der Waals surface area contributed by atoms with Gasteiger partial charge in [-0.25, -0.2) is 0 Å². The van der Waals surface area contributed by atoms with Crippen molar-refractivity contribution in [3.63, 3.8) is 0 Å². The van der Waals surface area contributed by atoms with Crippen molar-refractivity contribution in [2.75, 3.05) is 27.2 Å². The highest BCUT2D eigenvalue weighted by Gasteiger charge is 2.11. The molecule has 17 heavy (non-hydrogen) atoms. The molecule has 1 aromatic rings. The minimum Gasteiger partial charge on any atom is -0.351 e. The molecule has 0 radical (unpaired) electrons. The highest BCUT2D eigenvalue weighted by Crippen LogP contribution is 2.03. The van der Waals surface area contributed by atoms with Crippen LogP contribution in [0.1, 0.15) is 29.5 Å². The average molecular weight is 238 g/mol. The number of aromatic nitrogens is 2. The molecule has 1 aromatic heterocycles. The summed E-state index contributed by atoms with van der Waals surface area (Å²) in [6.07, 6.45) is 0.956. The largest absolute Gasteiger partial charge is 0.351 e. The van der Waals surface area contributed by atoms with Crippen LogP contribution in [0.4, 0.5) is 0 Å². The Morgan fingerprint density at radius 1 is 1.53 bits per heavy atom. The van der Waals surface area contributed by atoms with Crippen LogP contribution in [-0.4, -0.2) is 47.8 Å². The first-order valence-corrected chi connectivity index (χ1v) is 6.02. The molecule has 0 aliphatic heterocycles. The van der Waals surface area contributed by atoms with E-state index in [1.807, 2.05) is 34.0 Å². The predicted octanol–water partition coefficient (Wildman–Crippen LogP) is 0.893. The summed E-state index contributed by atoms with van der Waals surface area (Å²) in [6.45, 7) is 6.27. The number of nitrogens with one attached hydrogen (secondary N) is 1. The van der Waals surface area contributed by atoms with Crippen LogP contribution in [0, 0.1) is 6.92 Å². The maximum absolute atomic E-state index is 11.9. The van der Waals surface area contributed by atoms with Crippen molar-refractivity contribution in [2.45, 2.75) is 26.8 Å². The summed E-state index contributed by atoms with van der Waals surface area (Å²) in [5.74, 6) is -0.0359. The second-order valence-corrected chi connectivity index (χ2v) is 4.40. The number of carbonyl (C=O) groups excluding carboxylic acids is 1. The molecule has 5 nitrogen and oxygen atoms in total. The Balaban J connectivity index is 2.46. The highest BCUT2D eigenvalue weighted by atomic mass is 16.2. The van der Waals surface area contributed by atoms with E-state index in [1.54, 1.807) is 4.68 Å². The van der Waals surface area contributed by atoms with E-state index in [9.17, 15) is 4.79 Å². The van der Waals surface area contributed by atoms with Gasteiger partial charge in [-0.2, -0.15) is 5.10 Å². The molecule has 1 amide bonds. The quantitative estimate of drug-likeness (QED) is 0.749. The zero-order valence-corrected chi connectivity index (χ0v) is 11.2. The molecule has 0 fully saturated rings. The second kappa shape index (κ2) is 6.39. The molecule has 0 bridgehead atoms. The van der Waals surface area contributed by atoms with Crippen molar-refractivity contribution in [3.8, 4) is 0 Å². The van der Waals surface area contributed by atoms with Gasteiger partial charge in [0.15, 0.2) is 0 Å². The van der Waals surface area contributed by atoms with E-state index in [0.29, 0.717) is 18.8 Å². The van der Waals surface area contributed by atoms with Crippen LogP contribution in [0.5, 0.6) is 0 Å². The van der Waals surface area contributed by atoms with Gasteiger partial charge in [-0.05, 0) is 47.0 Å². The summed E-state index contributed by atoms with van der Waals surface area (Å²) in [5, 5.41) is 7.17. The van der Waals surface area contributed by atoms with E-state index in [2.05, 4.69) is 15.3 Å².